The fraction of sp³-hybridized carbons (Fsp3) is 0.412. The van der Waals surface area contributed by atoms with Crippen molar-refractivity contribution in [2.45, 2.75) is 33.2 Å². The summed E-state index contributed by atoms with van der Waals surface area (Å²) in [5.74, 6) is 0.952. The highest BCUT2D eigenvalue weighted by Gasteiger charge is 2.06. The number of rotatable bonds is 8. The van der Waals surface area contributed by atoms with Gasteiger partial charge in [-0.15, -0.1) is 0 Å². The van der Waals surface area contributed by atoms with Crippen LogP contribution in [0.1, 0.15) is 32.3 Å². The zero-order valence-electron chi connectivity index (χ0n) is 14.0. The summed E-state index contributed by atoms with van der Waals surface area (Å²) in [5, 5.41) is 5.59. The molecule has 0 aromatic carbocycles. The minimum absolute atomic E-state index is 0.0168. The van der Waals surface area contributed by atoms with Crippen LogP contribution in [0.25, 0.3) is 5.82 Å². The maximum absolute atomic E-state index is 11.8. The Morgan fingerprint density at radius 1 is 1.21 bits per heavy atom. The van der Waals surface area contributed by atoms with Gasteiger partial charge in [0, 0.05) is 44.5 Å². The van der Waals surface area contributed by atoms with Crippen molar-refractivity contribution in [1.29, 1.82) is 0 Å². The van der Waals surface area contributed by atoms with E-state index < -0.39 is 0 Å². The second kappa shape index (κ2) is 8.81. The number of pyridine rings is 1. The molecule has 2 aromatic rings. The predicted octanol–water partition coefficient (Wildman–Crippen LogP) is 1.44. The fourth-order valence-corrected chi connectivity index (χ4v) is 2.15. The Bertz CT molecular complexity index is 667. The maximum Gasteiger partial charge on any atom is 0.222 e. The van der Waals surface area contributed by atoms with Gasteiger partial charge in [-0.2, -0.15) is 0 Å². The van der Waals surface area contributed by atoms with Crippen LogP contribution in [0.4, 0.5) is 0 Å². The number of imidazole rings is 1. The summed E-state index contributed by atoms with van der Waals surface area (Å²) in [5.41, 5.74) is 0.950. The van der Waals surface area contributed by atoms with Crippen LogP contribution in [-0.4, -0.2) is 32.9 Å². The quantitative estimate of drug-likeness (QED) is 0.767. The van der Waals surface area contributed by atoms with Crippen LogP contribution < -0.4 is 10.6 Å². The van der Waals surface area contributed by atoms with Crippen LogP contribution in [0.15, 0.2) is 37.1 Å². The molecule has 0 spiro atoms. The molecule has 2 N–H and O–H groups in total. The summed E-state index contributed by atoms with van der Waals surface area (Å²) in [6.45, 7) is 4.75. The van der Waals surface area contributed by atoms with Gasteiger partial charge in [0.05, 0.1) is 0 Å². The molecule has 0 aliphatic carbocycles. The van der Waals surface area contributed by atoms with E-state index in [-0.39, 0.29) is 18.2 Å². The Morgan fingerprint density at radius 3 is 2.75 bits per heavy atom. The van der Waals surface area contributed by atoms with Gasteiger partial charge in [-0.1, -0.05) is 13.8 Å². The molecule has 0 saturated heterocycles. The Balaban J connectivity index is 1.74. The van der Waals surface area contributed by atoms with Crippen LogP contribution >= 0.6 is 0 Å². The van der Waals surface area contributed by atoms with E-state index in [1.54, 1.807) is 23.3 Å². The number of hydrogen-bond donors (Lipinski definition) is 2. The third-order valence-electron chi connectivity index (χ3n) is 3.34. The molecule has 0 saturated carbocycles. The highest BCUT2D eigenvalue weighted by molar-refractivity contribution is 5.79. The number of carbonyl (C=O) groups excluding carboxylic acids is 2. The Morgan fingerprint density at radius 2 is 2.04 bits per heavy atom. The lowest BCUT2D eigenvalue weighted by molar-refractivity contribution is -0.122. The molecule has 2 amide bonds. The van der Waals surface area contributed by atoms with E-state index >= 15 is 0 Å². The first-order valence-corrected chi connectivity index (χ1v) is 8.01. The smallest absolute Gasteiger partial charge is 0.222 e. The van der Waals surface area contributed by atoms with E-state index in [9.17, 15) is 9.59 Å². The molecule has 2 rings (SSSR count). The minimum Gasteiger partial charge on any atom is -0.356 e. The van der Waals surface area contributed by atoms with Crippen molar-refractivity contribution in [2.75, 3.05) is 6.54 Å². The molecule has 24 heavy (non-hydrogen) atoms. The SMILES string of the molecule is CC(C)CC(=O)NCCC(=O)NCc1ccnc(-n2ccnc2)c1. The van der Waals surface area contributed by atoms with Gasteiger partial charge in [-0.05, 0) is 23.6 Å². The number of hydrogen-bond acceptors (Lipinski definition) is 4. The summed E-state index contributed by atoms with van der Waals surface area (Å²) < 4.78 is 1.80. The van der Waals surface area contributed by atoms with Gasteiger partial charge in [-0.3, -0.25) is 14.2 Å². The van der Waals surface area contributed by atoms with Crippen molar-refractivity contribution in [3.63, 3.8) is 0 Å². The number of carbonyl (C=O) groups is 2. The summed E-state index contributed by atoms with van der Waals surface area (Å²) >= 11 is 0. The van der Waals surface area contributed by atoms with E-state index in [4.69, 9.17) is 0 Å². The number of aromatic nitrogens is 3. The summed E-state index contributed by atoms with van der Waals surface area (Å²) in [6, 6.07) is 3.75. The van der Waals surface area contributed by atoms with E-state index in [1.807, 2.05) is 32.2 Å². The molecule has 7 heteroatoms. The molecule has 0 radical (unpaired) electrons. The van der Waals surface area contributed by atoms with Gasteiger partial charge >= 0.3 is 0 Å². The Hall–Kier alpha value is -2.70. The van der Waals surface area contributed by atoms with Crippen LogP contribution in [-0.2, 0) is 16.1 Å². The lowest BCUT2D eigenvalue weighted by Crippen LogP contribution is -2.31. The van der Waals surface area contributed by atoms with Gasteiger partial charge in [0.15, 0.2) is 0 Å². The first-order chi connectivity index (χ1) is 11.5. The third kappa shape index (κ3) is 5.83. The lowest BCUT2D eigenvalue weighted by atomic mass is 10.1. The van der Waals surface area contributed by atoms with Gasteiger partial charge in [0.25, 0.3) is 0 Å². The summed E-state index contributed by atoms with van der Waals surface area (Å²) in [4.78, 5) is 31.6. The molecule has 0 unspecified atom stereocenters. The highest BCUT2D eigenvalue weighted by atomic mass is 16.2. The van der Waals surface area contributed by atoms with Crippen molar-refractivity contribution >= 4 is 11.8 Å². The number of nitrogens with one attached hydrogen (secondary N) is 2. The van der Waals surface area contributed by atoms with E-state index in [1.165, 1.54) is 0 Å². The monoisotopic (exact) mass is 329 g/mol. The van der Waals surface area contributed by atoms with Crippen molar-refractivity contribution in [3.8, 4) is 5.82 Å². The van der Waals surface area contributed by atoms with Crippen molar-refractivity contribution in [2.24, 2.45) is 5.92 Å². The third-order valence-corrected chi connectivity index (χ3v) is 3.34. The van der Waals surface area contributed by atoms with E-state index in [0.29, 0.717) is 25.4 Å². The molecular formula is C17H23N5O2. The van der Waals surface area contributed by atoms with E-state index in [0.717, 1.165) is 11.4 Å². The largest absolute Gasteiger partial charge is 0.356 e. The van der Waals surface area contributed by atoms with Crippen molar-refractivity contribution in [1.82, 2.24) is 25.2 Å². The van der Waals surface area contributed by atoms with Crippen molar-refractivity contribution in [3.05, 3.63) is 42.6 Å². The highest BCUT2D eigenvalue weighted by Crippen LogP contribution is 2.06. The zero-order chi connectivity index (χ0) is 17.4. The topological polar surface area (TPSA) is 88.9 Å². The molecule has 2 heterocycles. The van der Waals surface area contributed by atoms with Crippen LogP contribution in [0.2, 0.25) is 0 Å². The summed E-state index contributed by atoms with van der Waals surface area (Å²) in [6.07, 6.45) is 7.61. The average Bonchev–Trinajstić information content (AvgIpc) is 3.07. The zero-order valence-corrected chi connectivity index (χ0v) is 14.0. The normalized spacial score (nSPS) is 10.6. The number of amides is 2. The second-order valence-electron chi connectivity index (χ2n) is 5.97. The molecular weight excluding hydrogens is 306 g/mol. The summed E-state index contributed by atoms with van der Waals surface area (Å²) in [7, 11) is 0. The Kier molecular flexibility index (Phi) is 6.48. The second-order valence-corrected chi connectivity index (χ2v) is 5.97. The first-order valence-electron chi connectivity index (χ1n) is 8.01. The standard InChI is InChI=1S/C17H23N5O2/c1-13(2)9-17(24)20-6-4-16(23)21-11-14-3-5-19-15(10-14)22-8-7-18-12-22/h3,5,7-8,10,12-13H,4,6,9,11H2,1-2H3,(H,20,24)(H,21,23). The molecule has 0 aliphatic heterocycles. The van der Waals surface area contributed by atoms with E-state index in [2.05, 4.69) is 20.6 Å². The molecule has 0 aliphatic rings. The minimum atomic E-state index is -0.0964. The lowest BCUT2D eigenvalue weighted by Gasteiger charge is -2.09. The average molecular weight is 329 g/mol. The molecule has 2 aromatic heterocycles. The van der Waals surface area contributed by atoms with Gasteiger partial charge in [0.2, 0.25) is 11.8 Å². The number of nitrogens with zero attached hydrogens (tertiary/aromatic N) is 3. The molecule has 0 bridgehead atoms. The Labute approximate surface area is 141 Å². The molecule has 0 fully saturated rings. The fourth-order valence-electron chi connectivity index (χ4n) is 2.15. The van der Waals surface area contributed by atoms with Crippen LogP contribution in [0.3, 0.4) is 0 Å². The maximum atomic E-state index is 11.8. The molecule has 0 atom stereocenters. The molecule has 128 valence electrons. The van der Waals surface area contributed by atoms with Crippen molar-refractivity contribution < 1.29 is 9.59 Å². The predicted molar refractivity (Wildman–Crippen MR) is 90.3 cm³/mol. The molecule has 7 nitrogen and oxygen atoms in total. The first kappa shape index (κ1) is 17.7. The van der Waals surface area contributed by atoms with Crippen LogP contribution in [0, 0.1) is 5.92 Å². The van der Waals surface area contributed by atoms with Crippen LogP contribution in [0.5, 0.6) is 0 Å². The van der Waals surface area contributed by atoms with Gasteiger partial charge in [-0.25, -0.2) is 9.97 Å². The van der Waals surface area contributed by atoms with Gasteiger partial charge < -0.3 is 10.6 Å². The van der Waals surface area contributed by atoms with Gasteiger partial charge in [0.1, 0.15) is 12.1 Å².